The van der Waals surface area contributed by atoms with Gasteiger partial charge in [-0.15, -0.1) is 11.3 Å². The first-order chi connectivity index (χ1) is 13.0. The van der Waals surface area contributed by atoms with E-state index < -0.39 is 11.9 Å². The van der Waals surface area contributed by atoms with Crippen LogP contribution in [0, 0.1) is 12.8 Å². The number of amides is 1. The van der Waals surface area contributed by atoms with Gasteiger partial charge in [0.15, 0.2) is 0 Å². The fraction of sp³-hybridized carbons (Fsp3) is 0.350. The minimum Gasteiger partial charge on any atom is -0.481 e. The van der Waals surface area contributed by atoms with Gasteiger partial charge in [-0.2, -0.15) is 5.10 Å². The van der Waals surface area contributed by atoms with Crippen molar-refractivity contribution in [1.82, 2.24) is 14.7 Å². The minimum atomic E-state index is -0.827. The second kappa shape index (κ2) is 6.81. The largest absolute Gasteiger partial charge is 0.481 e. The van der Waals surface area contributed by atoms with Crippen molar-refractivity contribution in [3.8, 4) is 5.69 Å². The van der Waals surface area contributed by atoms with Crippen molar-refractivity contribution in [2.75, 3.05) is 6.54 Å². The van der Waals surface area contributed by atoms with Crippen molar-refractivity contribution >= 4 is 33.4 Å². The minimum absolute atomic E-state index is 0.0892. The monoisotopic (exact) mass is 383 g/mol. The van der Waals surface area contributed by atoms with E-state index in [0.29, 0.717) is 17.8 Å². The summed E-state index contributed by atoms with van der Waals surface area (Å²) in [6.07, 6.45) is 1.34. The quantitative estimate of drug-likeness (QED) is 0.748. The Balaban J connectivity index is 1.70. The van der Waals surface area contributed by atoms with E-state index >= 15 is 0 Å². The Bertz CT molecular complexity index is 1010. The molecule has 0 radical (unpaired) electrons. The molecular formula is C20H21N3O3S. The van der Waals surface area contributed by atoms with Gasteiger partial charge < -0.3 is 10.0 Å². The molecule has 1 aliphatic rings. The summed E-state index contributed by atoms with van der Waals surface area (Å²) in [5, 5.41) is 15.0. The molecule has 0 aliphatic carbocycles. The van der Waals surface area contributed by atoms with Crippen LogP contribution in [0.4, 0.5) is 0 Å². The molecule has 0 spiro atoms. The van der Waals surface area contributed by atoms with Gasteiger partial charge in [-0.1, -0.05) is 18.2 Å². The Kier molecular flexibility index (Phi) is 4.47. The average Bonchev–Trinajstić information content (AvgIpc) is 3.23. The summed E-state index contributed by atoms with van der Waals surface area (Å²) < 4.78 is 1.87. The number of likely N-dealkylation sites (tertiary alicyclic amines) is 1. The first-order valence-corrected chi connectivity index (χ1v) is 9.87. The number of rotatable bonds is 3. The highest BCUT2D eigenvalue weighted by atomic mass is 32.1. The van der Waals surface area contributed by atoms with E-state index in [0.717, 1.165) is 28.0 Å². The number of carboxylic acid groups (broad SMARTS) is 1. The number of para-hydroxylation sites is 1. The molecule has 0 unspecified atom stereocenters. The molecular weight excluding hydrogens is 362 g/mol. The third kappa shape index (κ3) is 3.02. The molecule has 4 rings (SSSR count). The zero-order chi connectivity index (χ0) is 19.1. The molecule has 1 amide bonds. The van der Waals surface area contributed by atoms with Crippen molar-refractivity contribution < 1.29 is 14.7 Å². The van der Waals surface area contributed by atoms with Crippen molar-refractivity contribution in [2.45, 2.75) is 32.7 Å². The molecule has 6 nitrogen and oxygen atoms in total. The van der Waals surface area contributed by atoms with Crippen LogP contribution in [0.2, 0.25) is 0 Å². The molecule has 3 aromatic rings. The van der Waals surface area contributed by atoms with Crippen LogP contribution in [0.15, 0.2) is 36.4 Å². The number of fused-ring (bicyclic) bond motifs is 1. The summed E-state index contributed by atoms with van der Waals surface area (Å²) in [5.41, 5.74) is 1.83. The summed E-state index contributed by atoms with van der Waals surface area (Å²) in [4.78, 5) is 27.9. The third-order valence-corrected chi connectivity index (χ3v) is 6.42. The standard InChI is InChI=1S/C20H21N3O3S/c1-12-16-11-17(18(24)22-10-6-9-15(13(22)2)20(25)26)27-19(16)23(21-12)14-7-4-3-5-8-14/h3-5,7-8,11,13,15H,6,9-10H2,1-2H3,(H,25,26)/t13-,15-/m1/s1. The number of nitrogens with zero attached hydrogens (tertiary/aromatic N) is 3. The number of piperidine rings is 1. The first kappa shape index (κ1) is 17.7. The van der Waals surface area contributed by atoms with Crippen LogP contribution in [0.3, 0.4) is 0 Å². The van der Waals surface area contributed by atoms with E-state index in [2.05, 4.69) is 5.10 Å². The smallest absolute Gasteiger partial charge is 0.308 e. The molecule has 3 heterocycles. The Labute approximate surface area is 161 Å². The molecule has 1 N–H and O–H groups in total. The van der Waals surface area contributed by atoms with E-state index in [4.69, 9.17) is 0 Å². The van der Waals surface area contributed by atoms with Gasteiger partial charge >= 0.3 is 5.97 Å². The zero-order valence-electron chi connectivity index (χ0n) is 15.3. The lowest BCUT2D eigenvalue weighted by Gasteiger charge is -2.37. The van der Waals surface area contributed by atoms with Gasteiger partial charge in [-0.05, 0) is 44.9 Å². The van der Waals surface area contributed by atoms with Crippen LogP contribution in [0.1, 0.15) is 35.1 Å². The average molecular weight is 383 g/mol. The number of carboxylic acids is 1. The topological polar surface area (TPSA) is 75.4 Å². The van der Waals surface area contributed by atoms with Crippen LogP contribution in [-0.4, -0.2) is 44.3 Å². The van der Waals surface area contributed by atoms with Crippen molar-refractivity contribution in [3.63, 3.8) is 0 Å². The number of hydrogen-bond donors (Lipinski definition) is 1. The third-order valence-electron chi connectivity index (χ3n) is 5.32. The van der Waals surface area contributed by atoms with Gasteiger partial charge in [0.2, 0.25) is 0 Å². The highest BCUT2D eigenvalue weighted by Gasteiger charge is 2.36. The number of aryl methyl sites for hydroxylation is 1. The molecule has 7 heteroatoms. The fourth-order valence-corrected chi connectivity index (χ4v) is 4.94. The normalized spacial score (nSPS) is 20.1. The number of hydrogen-bond acceptors (Lipinski definition) is 4. The van der Waals surface area contributed by atoms with Crippen LogP contribution in [0.5, 0.6) is 0 Å². The number of carbonyl (C=O) groups excluding carboxylic acids is 1. The van der Waals surface area contributed by atoms with Gasteiger partial charge in [0.25, 0.3) is 5.91 Å². The summed E-state index contributed by atoms with van der Waals surface area (Å²) in [5.74, 6) is -1.42. The predicted octanol–water partition coefficient (Wildman–Crippen LogP) is 3.72. The molecule has 1 fully saturated rings. The van der Waals surface area contributed by atoms with Gasteiger partial charge in [0.1, 0.15) is 4.83 Å². The van der Waals surface area contributed by atoms with E-state index in [-0.39, 0.29) is 11.9 Å². The molecule has 2 atom stereocenters. The van der Waals surface area contributed by atoms with E-state index in [1.54, 1.807) is 4.90 Å². The van der Waals surface area contributed by atoms with Crippen LogP contribution < -0.4 is 0 Å². The van der Waals surface area contributed by atoms with E-state index in [1.807, 2.05) is 54.9 Å². The Morgan fingerprint density at radius 3 is 2.70 bits per heavy atom. The number of aromatic nitrogens is 2. The van der Waals surface area contributed by atoms with Gasteiger partial charge in [0, 0.05) is 18.0 Å². The number of benzene rings is 1. The second-order valence-corrected chi connectivity index (χ2v) is 8.02. The van der Waals surface area contributed by atoms with Crippen LogP contribution in [0.25, 0.3) is 15.9 Å². The maximum absolute atomic E-state index is 13.1. The molecule has 1 aliphatic heterocycles. The molecule has 0 bridgehead atoms. The van der Waals surface area contributed by atoms with Gasteiger partial charge in [0.05, 0.1) is 22.2 Å². The van der Waals surface area contributed by atoms with Crippen molar-refractivity contribution in [2.24, 2.45) is 5.92 Å². The molecule has 0 saturated carbocycles. The Hall–Kier alpha value is -2.67. The second-order valence-electron chi connectivity index (χ2n) is 6.99. The van der Waals surface area contributed by atoms with Crippen LogP contribution in [-0.2, 0) is 4.79 Å². The molecule has 1 aromatic carbocycles. The van der Waals surface area contributed by atoms with E-state index in [1.165, 1.54) is 11.3 Å². The Morgan fingerprint density at radius 1 is 1.26 bits per heavy atom. The summed E-state index contributed by atoms with van der Waals surface area (Å²) >= 11 is 1.41. The van der Waals surface area contributed by atoms with Crippen molar-refractivity contribution in [3.05, 3.63) is 47.0 Å². The number of thiophene rings is 1. The number of aliphatic carboxylic acids is 1. The SMILES string of the molecule is Cc1nn(-c2ccccc2)c2sc(C(=O)N3CCC[C@@H](C(=O)O)[C@H]3C)cc12. The maximum Gasteiger partial charge on any atom is 0.308 e. The highest BCUT2D eigenvalue weighted by Crippen LogP contribution is 2.33. The predicted molar refractivity (Wildman–Crippen MR) is 105 cm³/mol. The summed E-state index contributed by atoms with van der Waals surface area (Å²) in [6, 6.07) is 11.4. The first-order valence-electron chi connectivity index (χ1n) is 9.05. The molecule has 2 aromatic heterocycles. The van der Waals surface area contributed by atoms with Crippen LogP contribution >= 0.6 is 11.3 Å². The van der Waals surface area contributed by atoms with Gasteiger partial charge in [-0.25, -0.2) is 4.68 Å². The number of carbonyl (C=O) groups is 2. The molecule has 1 saturated heterocycles. The van der Waals surface area contributed by atoms with Gasteiger partial charge in [-0.3, -0.25) is 9.59 Å². The Morgan fingerprint density at radius 2 is 2.00 bits per heavy atom. The van der Waals surface area contributed by atoms with E-state index in [9.17, 15) is 14.7 Å². The summed E-state index contributed by atoms with van der Waals surface area (Å²) in [6.45, 7) is 4.37. The van der Waals surface area contributed by atoms with Crippen molar-refractivity contribution in [1.29, 1.82) is 0 Å². The lowest BCUT2D eigenvalue weighted by Crippen LogP contribution is -2.48. The lowest BCUT2D eigenvalue weighted by molar-refractivity contribution is -0.144. The molecule has 140 valence electrons. The lowest BCUT2D eigenvalue weighted by atomic mass is 9.90. The molecule has 27 heavy (non-hydrogen) atoms. The maximum atomic E-state index is 13.1. The zero-order valence-corrected chi connectivity index (χ0v) is 16.1. The summed E-state index contributed by atoms with van der Waals surface area (Å²) in [7, 11) is 0. The highest BCUT2D eigenvalue weighted by molar-refractivity contribution is 7.20. The fourth-order valence-electron chi connectivity index (χ4n) is 3.80.